The van der Waals surface area contributed by atoms with Gasteiger partial charge in [-0.25, -0.2) is 4.68 Å². The number of aliphatic hydroxyl groups is 1. The third-order valence-corrected chi connectivity index (χ3v) is 5.71. The van der Waals surface area contributed by atoms with Crippen molar-refractivity contribution in [1.29, 1.82) is 0 Å². The summed E-state index contributed by atoms with van der Waals surface area (Å²) in [5, 5.41) is 15.4. The number of rotatable bonds is 6. The molecule has 1 aromatic heterocycles. The zero-order valence-electron chi connectivity index (χ0n) is 17.2. The number of allylic oxidation sites excluding steroid dienone is 2. The summed E-state index contributed by atoms with van der Waals surface area (Å²) >= 11 is 6.07. The molecule has 1 atom stereocenters. The molecule has 6 nitrogen and oxygen atoms in total. The van der Waals surface area contributed by atoms with E-state index in [1.807, 2.05) is 60.7 Å². The Hall–Kier alpha value is -3.09. The van der Waals surface area contributed by atoms with E-state index in [9.17, 15) is 9.90 Å². The van der Waals surface area contributed by atoms with Crippen LogP contribution in [0.5, 0.6) is 5.75 Å². The van der Waals surface area contributed by atoms with Gasteiger partial charge in [-0.1, -0.05) is 35.9 Å². The fourth-order valence-electron chi connectivity index (χ4n) is 3.74. The highest BCUT2D eigenvalue weighted by molar-refractivity contribution is 6.30. The molecule has 1 unspecified atom stereocenters. The van der Waals surface area contributed by atoms with Crippen LogP contribution in [0.4, 0.5) is 5.82 Å². The number of nitrogens with zero attached hydrogens (tertiary/aromatic N) is 3. The number of benzene rings is 2. The Balaban J connectivity index is 1.76. The van der Waals surface area contributed by atoms with Gasteiger partial charge in [-0.3, -0.25) is 9.69 Å². The highest BCUT2D eigenvalue weighted by Crippen LogP contribution is 2.31. The lowest BCUT2D eigenvalue weighted by Gasteiger charge is -2.24. The molecule has 1 N–H and O–H groups in total. The average molecular weight is 438 g/mol. The van der Waals surface area contributed by atoms with Gasteiger partial charge in [0.2, 0.25) is 5.91 Å². The second kappa shape index (κ2) is 9.37. The molecule has 0 spiro atoms. The molecule has 7 heteroatoms. The van der Waals surface area contributed by atoms with E-state index in [2.05, 4.69) is 6.08 Å². The monoisotopic (exact) mass is 437 g/mol. The smallest absolute Gasteiger partial charge is 0.233 e. The van der Waals surface area contributed by atoms with Crippen LogP contribution in [0.15, 0.2) is 66.7 Å². The average Bonchev–Trinajstić information content (AvgIpc) is 3.25. The van der Waals surface area contributed by atoms with Crippen LogP contribution < -0.4 is 9.64 Å². The van der Waals surface area contributed by atoms with Crippen molar-refractivity contribution in [3.05, 3.63) is 71.8 Å². The maximum atomic E-state index is 13.1. The predicted molar refractivity (Wildman–Crippen MR) is 122 cm³/mol. The van der Waals surface area contributed by atoms with Gasteiger partial charge in [-0.2, -0.15) is 0 Å². The normalized spacial score (nSPS) is 15.6. The quantitative estimate of drug-likeness (QED) is 0.442. The molecule has 3 aromatic rings. The maximum Gasteiger partial charge on any atom is 0.233 e. The predicted octanol–water partition coefficient (Wildman–Crippen LogP) is 4.84. The van der Waals surface area contributed by atoms with Gasteiger partial charge in [0.25, 0.3) is 0 Å². The van der Waals surface area contributed by atoms with E-state index in [0.717, 1.165) is 35.5 Å². The minimum atomic E-state index is -0.432. The molecule has 0 aliphatic heterocycles. The number of aromatic nitrogens is 2. The summed E-state index contributed by atoms with van der Waals surface area (Å²) < 4.78 is 7.02. The number of halogens is 1. The van der Waals surface area contributed by atoms with Crippen LogP contribution in [0, 0.1) is 5.92 Å². The molecule has 4 rings (SSSR count). The van der Waals surface area contributed by atoms with Crippen LogP contribution in [-0.2, 0) is 4.79 Å². The van der Waals surface area contributed by atoms with E-state index in [-0.39, 0.29) is 11.8 Å². The third-order valence-electron chi connectivity index (χ3n) is 5.46. The number of ether oxygens (including phenoxy) is 1. The summed E-state index contributed by atoms with van der Waals surface area (Å²) in [6, 6.07) is 16.7. The summed E-state index contributed by atoms with van der Waals surface area (Å²) in [7, 11) is 1.62. The lowest BCUT2D eigenvalue weighted by molar-refractivity contribution is -0.123. The molecule has 2 aromatic carbocycles. The molecule has 1 aliphatic carbocycles. The maximum absolute atomic E-state index is 13.1. The number of anilines is 1. The minimum absolute atomic E-state index is 0.117. The lowest BCUT2D eigenvalue weighted by atomic mass is 9.93. The van der Waals surface area contributed by atoms with Crippen molar-refractivity contribution in [3.63, 3.8) is 0 Å². The first kappa shape index (κ1) is 21.2. The van der Waals surface area contributed by atoms with Gasteiger partial charge in [0.1, 0.15) is 12.5 Å². The molecule has 1 amide bonds. The second-order valence-corrected chi connectivity index (χ2v) is 7.83. The summed E-state index contributed by atoms with van der Waals surface area (Å²) in [5.41, 5.74) is 2.49. The summed E-state index contributed by atoms with van der Waals surface area (Å²) in [6.45, 7) is -0.432. The summed E-state index contributed by atoms with van der Waals surface area (Å²) in [6.07, 6.45) is 6.43. The van der Waals surface area contributed by atoms with E-state index < -0.39 is 6.73 Å². The summed E-state index contributed by atoms with van der Waals surface area (Å²) in [4.78, 5) is 14.5. The zero-order chi connectivity index (χ0) is 21.8. The number of hydrogen-bond donors (Lipinski definition) is 1. The SMILES string of the molecule is COc1ccc(-n2nc(N(CO)C(=O)C3CC=CCC3)cc2-c2ccc(Cl)cc2)cc1. The fourth-order valence-corrected chi connectivity index (χ4v) is 3.87. The molecule has 0 bridgehead atoms. The largest absolute Gasteiger partial charge is 0.497 e. The van der Waals surface area contributed by atoms with Crippen molar-refractivity contribution in [2.75, 3.05) is 18.7 Å². The van der Waals surface area contributed by atoms with Crippen LogP contribution in [0.2, 0.25) is 5.02 Å². The Morgan fingerprint density at radius 1 is 1.19 bits per heavy atom. The highest BCUT2D eigenvalue weighted by atomic mass is 35.5. The van der Waals surface area contributed by atoms with Crippen molar-refractivity contribution in [1.82, 2.24) is 9.78 Å². The first-order chi connectivity index (χ1) is 15.1. The minimum Gasteiger partial charge on any atom is -0.497 e. The van der Waals surface area contributed by atoms with Crippen molar-refractivity contribution in [2.24, 2.45) is 5.92 Å². The number of aliphatic hydroxyl groups excluding tert-OH is 1. The van der Waals surface area contributed by atoms with Gasteiger partial charge in [0.05, 0.1) is 18.5 Å². The third kappa shape index (κ3) is 4.50. The Kier molecular flexibility index (Phi) is 6.39. The molecule has 0 saturated carbocycles. The summed E-state index contributed by atoms with van der Waals surface area (Å²) in [5.74, 6) is 0.876. The Morgan fingerprint density at radius 3 is 2.55 bits per heavy atom. The van der Waals surface area contributed by atoms with Crippen molar-refractivity contribution in [3.8, 4) is 22.7 Å². The van der Waals surface area contributed by atoms with Gasteiger partial charge in [0, 0.05) is 22.6 Å². The molecule has 0 radical (unpaired) electrons. The van der Waals surface area contributed by atoms with Crippen LogP contribution >= 0.6 is 11.6 Å². The van der Waals surface area contributed by atoms with Crippen LogP contribution in [-0.4, -0.2) is 34.6 Å². The van der Waals surface area contributed by atoms with E-state index in [4.69, 9.17) is 21.4 Å². The molecule has 1 heterocycles. The molecule has 31 heavy (non-hydrogen) atoms. The molecule has 1 aliphatic rings. The Labute approximate surface area is 186 Å². The van der Waals surface area contributed by atoms with E-state index in [1.54, 1.807) is 11.8 Å². The second-order valence-electron chi connectivity index (χ2n) is 7.39. The van der Waals surface area contributed by atoms with Crippen molar-refractivity contribution >= 4 is 23.3 Å². The lowest BCUT2D eigenvalue weighted by Crippen LogP contribution is -2.37. The van der Waals surface area contributed by atoms with Crippen LogP contribution in [0.3, 0.4) is 0 Å². The highest BCUT2D eigenvalue weighted by Gasteiger charge is 2.27. The number of hydrogen-bond acceptors (Lipinski definition) is 4. The first-order valence-electron chi connectivity index (χ1n) is 10.2. The number of methoxy groups -OCH3 is 1. The first-order valence-corrected chi connectivity index (χ1v) is 10.6. The van der Waals surface area contributed by atoms with E-state index in [0.29, 0.717) is 17.3 Å². The number of amides is 1. The van der Waals surface area contributed by atoms with Crippen LogP contribution in [0.25, 0.3) is 16.9 Å². The van der Waals surface area contributed by atoms with Crippen molar-refractivity contribution in [2.45, 2.75) is 19.3 Å². The van der Waals surface area contributed by atoms with Gasteiger partial charge < -0.3 is 9.84 Å². The molecule has 0 saturated heterocycles. The molecule has 0 fully saturated rings. The van der Waals surface area contributed by atoms with Crippen molar-refractivity contribution < 1.29 is 14.6 Å². The van der Waals surface area contributed by atoms with Gasteiger partial charge in [-0.05, 0) is 55.7 Å². The number of carbonyl (C=O) groups excluding carboxylic acids is 1. The Bertz CT molecular complexity index is 1070. The van der Waals surface area contributed by atoms with Gasteiger partial charge in [-0.15, -0.1) is 5.10 Å². The van der Waals surface area contributed by atoms with Gasteiger partial charge >= 0.3 is 0 Å². The topological polar surface area (TPSA) is 67.6 Å². The standard InChI is InChI=1S/C24H24ClN3O3/c1-31-21-13-11-20(12-14-21)28-22(17-7-9-19(25)10-8-17)15-23(26-28)27(16-29)24(30)18-5-3-2-4-6-18/h2-3,7-15,18,29H,4-6,16H2,1H3. The van der Waals surface area contributed by atoms with E-state index in [1.165, 1.54) is 4.90 Å². The molecular formula is C24H24ClN3O3. The van der Waals surface area contributed by atoms with Gasteiger partial charge in [0.15, 0.2) is 5.82 Å². The number of carbonyl (C=O) groups is 1. The van der Waals surface area contributed by atoms with E-state index >= 15 is 0 Å². The van der Waals surface area contributed by atoms with Crippen LogP contribution in [0.1, 0.15) is 19.3 Å². The fraction of sp³-hybridized carbons (Fsp3) is 0.250. The molecular weight excluding hydrogens is 414 g/mol. The Morgan fingerprint density at radius 2 is 1.94 bits per heavy atom. The zero-order valence-corrected chi connectivity index (χ0v) is 18.0. The molecule has 160 valence electrons.